The van der Waals surface area contributed by atoms with Crippen LogP contribution in [0.25, 0.3) is 0 Å². The summed E-state index contributed by atoms with van der Waals surface area (Å²) in [5, 5.41) is 0.515. The summed E-state index contributed by atoms with van der Waals surface area (Å²) in [7, 11) is -1.02. The summed E-state index contributed by atoms with van der Waals surface area (Å²) in [6.07, 6.45) is 2.07. The highest BCUT2D eigenvalue weighted by atomic mass is 28.3. The molecule has 60 valence electrons. The average molecular weight is 156 g/mol. The molecule has 10 heavy (non-hydrogen) atoms. The van der Waals surface area contributed by atoms with E-state index in [9.17, 15) is 0 Å². The quantitative estimate of drug-likeness (QED) is 0.422. The van der Waals surface area contributed by atoms with Crippen molar-refractivity contribution in [1.82, 2.24) is 0 Å². The molecule has 0 rings (SSSR count). The normalized spacial score (nSPS) is 13.3. The fourth-order valence-electron chi connectivity index (χ4n) is 0.667. The summed E-state index contributed by atoms with van der Waals surface area (Å²) in [5.41, 5.74) is 0. The van der Waals surface area contributed by atoms with Crippen LogP contribution in [-0.4, -0.2) is 8.07 Å². The third-order valence-corrected chi connectivity index (χ3v) is 8.05. The molecule has 0 aromatic rings. The van der Waals surface area contributed by atoms with E-state index in [0.29, 0.717) is 5.04 Å². The van der Waals surface area contributed by atoms with Crippen LogP contribution in [0, 0.1) is 0 Å². The highest BCUT2D eigenvalue weighted by Gasteiger charge is 2.33. The molecule has 0 aliphatic heterocycles. The van der Waals surface area contributed by atoms with Crippen molar-refractivity contribution in [2.45, 2.75) is 44.9 Å². The van der Waals surface area contributed by atoms with Gasteiger partial charge in [-0.1, -0.05) is 39.9 Å². The Morgan fingerprint density at radius 1 is 1.30 bits per heavy atom. The molecule has 0 unspecified atom stereocenters. The van der Waals surface area contributed by atoms with Crippen molar-refractivity contribution < 1.29 is 0 Å². The van der Waals surface area contributed by atoms with Gasteiger partial charge in [-0.15, -0.1) is 6.58 Å². The van der Waals surface area contributed by atoms with Gasteiger partial charge < -0.3 is 0 Å². The summed E-state index contributed by atoms with van der Waals surface area (Å²) in [4.78, 5) is 0. The van der Waals surface area contributed by atoms with E-state index in [1.165, 1.54) is 6.04 Å². The lowest BCUT2D eigenvalue weighted by atomic mass is 10.2. The molecule has 0 heterocycles. The minimum absolute atomic E-state index is 0.515. The standard InChI is InChI=1S/C9H20Si/c1-7-8-10(5,6)9(2,3)4/h7H,1,8H2,2-6H3. The van der Waals surface area contributed by atoms with E-state index in [-0.39, 0.29) is 0 Å². The molecule has 0 aromatic heterocycles. The van der Waals surface area contributed by atoms with E-state index in [0.717, 1.165) is 0 Å². The van der Waals surface area contributed by atoms with Gasteiger partial charge >= 0.3 is 0 Å². The number of hydrogen-bond acceptors (Lipinski definition) is 0. The van der Waals surface area contributed by atoms with Gasteiger partial charge in [0.2, 0.25) is 0 Å². The zero-order valence-corrected chi connectivity index (χ0v) is 8.99. The highest BCUT2D eigenvalue weighted by Crippen LogP contribution is 2.38. The van der Waals surface area contributed by atoms with Gasteiger partial charge in [0.25, 0.3) is 0 Å². The van der Waals surface area contributed by atoms with E-state index in [1.807, 2.05) is 0 Å². The number of hydrogen-bond donors (Lipinski definition) is 0. The molecule has 0 N–H and O–H groups in total. The van der Waals surface area contributed by atoms with E-state index in [2.05, 4.69) is 46.5 Å². The van der Waals surface area contributed by atoms with Crippen molar-refractivity contribution in [3.05, 3.63) is 12.7 Å². The molecule has 0 spiro atoms. The van der Waals surface area contributed by atoms with Crippen molar-refractivity contribution in [3.63, 3.8) is 0 Å². The lowest BCUT2D eigenvalue weighted by Crippen LogP contribution is -2.35. The molecule has 1 heteroatoms. The van der Waals surface area contributed by atoms with Crippen LogP contribution in [0.2, 0.25) is 24.2 Å². The molecule has 0 aliphatic carbocycles. The van der Waals surface area contributed by atoms with Gasteiger partial charge in [0.1, 0.15) is 0 Å². The van der Waals surface area contributed by atoms with Gasteiger partial charge in [-0.05, 0) is 11.1 Å². The van der Waals surface area contributed by atoms with Crippen molar-refractivity contribution in [1.29, 1.82) is 0 Å². The van der Waals surface area contributed by atoms with Gasteiger partial charge in [-0.2, -0.15) is 0 Å². The summed E-state index contributed by atoms with van der Waals surface area (Å²) in [6, 6.07) is 1.23. The van der Waals surface area contributed by atoms with Gasteiger partial charge in [0.05, 0.1) is 8.07 Å². The maximum absolute atomic E-state index is 3.79. The minimum atomic E-state index is -1.02. The Labute approximate surface area is 66.4 Å². The first-order valence-electron chi connectivity index (χ1n) is 3.92. The maximum atomic E-state index is 3.79. The molecule has 0 bridgehead atoms. The fraction of sp³-hybridized carbons (Fsp3) is 0.778. The second-order valence-corrected chi connectivity index (χ2v) is 10.3. The van der Waals surface area contributed by atoms with E-state index < -0.39 is 8.07 Å². The minimum Gasteiger partial charge on any atom is -0.103 e. The Bertz CT molecular complexity index is 117. The highest BCUT2D eigenvalue weighted by molar-refractivity contribution is 6.80. The first-order valence-corrected chi connectivity index (χ1v) is 7.13. The summed E-state index contributed by atoms with van der Waals surface area (Å²) in [6.45, 7) is 15.7. The van der Waals surface area contributed by atoms with Crippen LogP contribution < -0.4 is 0 Å². The van der Waals surface area contributed by atoms with Crippen LogP contribution in [0.1, 0.15) is 20.8 Å². The van der Waals surface area contributed by atoms with Crippen LogP contribution >= 0.6 is 0 Å². The maximum Gasteiger partial charge on any atom is 0.0565 e. The van der Waals surface area contributed by atoms with Gasteiger partial charge in [0, 0.05) is 0 Å². The molecule has 0 aromatic carbocycles. The number of rotatable bonds is 2. The zero-order chi connectivity index (χ0) is 8.41. The van der Waals surface area contributed by atoms with Gasteiger partial charge in [-0.3, -0.25) is 0 Å². The van der Waals surface area contributed by atoms with Crippen molar-refractivity contribution in [3.8, 4) is 0 Å². The fourth-order valence-corrected chi connectivity index (χ4v) is 2.00. The first kappa shape index (κ1) is 9.96. The van der Waals surface area contributed by atoms with Crippen LogP contribution in [0.5, 0.6) is 0 Å². The van der Waals surface area contributed by atoms with Crippen LogP contribution in [0.3, 0.4) is 0 Å². The molecule has 0 radical (unpaired) electrons. The average Bonchev–Trinajstić information content (AvgIpc) is 1.61. The second kappa shape index (κ2) is 2.91. The molecule has 0 nitrogen and oxygen atoms in total. The summed E-state index contributed by atoms with van der Waals surface area (Å²) >= 11 is 0. The Hall–Kier alpha value is -0.0431. The van der Waals surface area contributed by atoms with E-state index in [1.54, 1.807) is 0 Å². The number of allylic oxidation sites excluding steroid dienone is 1. The first-order chi connectivity index (χ1) is 4.31. The lowest BCUT2D eigenvalue weighted by molar-refractivity contribution is 0.719. The summed E-state index contributed by atoms with van der Waals surface area (Å²) in [5.74, 6) is 0. The zero-order valence-electron chi connectivity index (χ0n) is 7.99. The van der Waals surface area contributed by atoms with E-state index >= 15 is 0 Å². The van der Waals surface area contributed by atoms with Crippen LogP contribution in [0.4, 0.5) is 0 Å². The van der Waals surface area contributed by atoms with Crippen LogP contribution in [-0.2, 0) is 0 Å². The third kappa shape index (κ3) is 2.29. The van der Waals surface area contributed by atoms with Gasteiger partial charge in [0.15, 0.2) is 0 Å². The van der Waals surface area contributed by atoms with E-state index in [4.69, 9.17) is 0 Å². The van der Waals surface area contributed by atoms with Gasteiger partial charge in [-0.25, -0.2) is 0 Å². The molecule has 0 amide bonds. The molecule has 0 atom stereocenters. The van der Waals surface area contributed by atoms with Crippen molar-refractivity contribution >= 4 is 8.07 Å². The largest absolute Gasteiger partial charge is 0.103 e. The molecular formula is C9H20Si. The molecule has 0 aliphatic rings. The third-order valence-electron chi connectivity index (χ3n) is 2.68. The predicted octanol–water partition coefficient (Wildman–Crippen LogP) is 3.68. The predicted molar refractivity (Wildman–Crippen MR) is 52.2 cm³/mol. The molecule has 0 saturated carbocycles. The monoisotopic (exact) mass is 156 g/mol. The molecule has 0 fully saturated rings. The smallest absolute Gasteiger partial charge is 0.0565 e. The Balaban J connectivity index is 4.23. The Morgan fingerprint density at radius 3 is 1.80 bits per heavy atom. The molecule has 0 saturated heterocycles. The van der Waals surface area contributed by atoms with Crippen LogP contribution in [0.15, 0.2) is 12.7 Å². The Morgan fingerprint density at radius 2 is 1.70 bits per heavy atom. The summed E-state index contributed by atoms with van der Waals surface area (Å²) < 4.78 is 0. The second-order valence-electron chi connectivity index (χ2n) is 4.63. The Kier molecular flexibility index (Phi) is 2.90. The van der Waals surface area contributed by atoms with Crippen molar-refractivity contribution in [2.24, 2.45) is 0 Å². The topological polar surface area (TPSA) is 0 Å². The molecular weight excluding hydrogens is 136 g/mol. The SMILES string of the molecule is C=CC[Si](C)(C)C(C)(C)C. The lowest BCUT2D eigenvalue weighted by Gasteiger charge is -2.36. The van der Waals surface area contributed by atoms with Crippen molar-refractivity contribution in [2.75, 3.05) is 0 Å².